The minimum atomic E-state index is -0.740. The Bertz CT molecular complexity index is 981. The SMILES string of the molecule is COc1ccc(C(CNCc2cc(C(CN)C3(O)CCCCC3)ccc2OC)C2(O)CCCCC2)cc1. The summed E-state index contributed by atoms with van der Waals surface area (Å²) in [6, 6.07) is 14.3. The lowest BCUT2D eigenvalue weighted by Crippen LogP contribution is -2.43. The van der Waals surface area contributed by atoms with Crippen LogP contribution in [0.25, 0.3) is 0 Å². The average Bonchev–Trinajstić information content (AvgIpc) is 2.92. The molecule has 4 rings (SSSR count). The number of aliphatic hydroxyl groups is 2. The Hall–Kier alpha value is -2.12. The van der Waals surface area contributed by atoms with Crippen LogP contribution in [0.15, 0.2) is 42.5 Å². The molecule has 37 heavy (non-hydrogen) atoms. The maximum Gasteiger partial charge on any atom is 0.123 e. The molecule has 0 saturated heterocycles. The number of benzene rings is 2. The van der Waals surface area contributed by atoms with Crippen LogP contribution in [-0.4, -0.2) is 48.7 Å². The first-order valence-electron chi connectivity index (χ1n) is 14.1. The van der Waals surface area contributed by atoms with E-state index in [1.807, 2.05) is 18.2 Å². The van der Waals surface area contributed by atoms with Gasteiger partial charge in [-0.3, -0.25) is 0 Å². The molecule has 2 unspecified atom stereocenters. The lowest BCUT2D eigenvalue weighted by molar-refractivity contribution is -0.0218. The van der Waals surface area contributed by atoms with Gasteiger partial charge in [0.2, 0.25) is 0 Å². The molecule has 2 aromatic rings. The molecule has 0 amide bonds. The molecule has 2 aromatic carbocycles. The summed E-state index contributed by atoms with van der Waals surface area (Å²) in [5, 5.41) is 26.8. The summed E-state index contributed by atoms with van der Waals surface area (Å²) in [6.07, 6.45) is 9.82. The Morgan fingerprint density at radius 3 is 1.89 bits per heavy atom. The summed E-state index contributed by atoms with van der Waals surface area (Å²) in [4.78, 5) is 0. The van der Waals surface area contributed by atoms with Crippen molar-refractivity contribution < 1.29 is 19.7 Å². The van der Waals surface area contributed by atoms with E-state index in [0.29, 0.717) is 19.6 Å². The highest BCUT2D eigenvalue weighted by atomic mass is 16.5. The second kappa shape index (κ2) is 12.6. The molecule has 0 heterocycles. The highest BCUT2D eigenvalue weighted by Gasteiger charge is 2.39. The molecule has 0 spiro atoms. The first-order chi connectivity index (χ1) is 17.9. The van der Waals surface area contributed by atoms with Gasteiger partial charge in [0.1, 0.15) is 11.5 Å². The van der Waals surface area contributed by atoms with Gasteiger partial charge in [-0.25, -0.2) is 0 Å². The minimum absolute atomic E-state index is 0.0207. The van der Waals surface area contributed by atoms with Crippen LogP contribution in [0.1, 0.15) is 92.7 Å². The molecule has 0 radical (unpaired) electrons. The van der Waals surface area contributed by atoms with E-state index in [1.54, 1.807) is 14.2 Å². The molecule has 2 aliphatic carbocycles. The molecule has 0 aromatic heterocycles. The quantitative estimate of drug-likeness (QED) is 0.339. The minimum Gasteiger partial charge on any atom is -0.497 e. The Labute approximate surface area is 222 Å². The lowest BCUT2D eigenvalue weighted by Gasteiger charge is -2.40. The van der Waals surface area contributed by atoms with Gasteiger partial charge in [-0.15, -0.1) is 0 Å². The van der Waals surface area contributed by atoms with E-state index in [1.165, 1.54) is 12.8 Å². The molecular formula is C31H46N2O4. The van der Waals surface area contributed by atoms with Crippen molar-refractivity contribution in [2.24, 2.45) is 5.73 Å². The molecule has 2 aliphatic rings. The Balaban J connectivity index is 1.52. The molecule has 0 bridgehead atoms. The monoisotopic (exact) mass is 510 g/mol. The fourth-order valence-electron chi connectivity index (χ4n) is 6.65. The van der Waals surface area contributed by atoms with Gasteiger partial charge in [0.15, 0.2) is 0 Å². The predicted molar refractivity (Wildman–Crippen MR) is 148 cm³/mol. The third kappa shape index (κ3) is 6.48. The maximum absolute atomic E-state index is 11.7. The van der Waals surface area contributed by atoms with E-state index in [0.717, 1.165) is 79.6 Å². The van der Waals surface area contributed by atoms with Crippen LogP contribution in [0.2, 0.25) is 0 Å². The van der Waals surface area contributed by atoms with Crippen LogP contribution < -0.4 is 20.5 Å². The van der Waals surface area contributed by atoms with Crippen molar-refractivity contribution in [1.82, 2.24) is 5.32 Å². The fraction of sp³-hybridized carbons (Fsp3) is 0.613. The zero-order valence-electron chi connectivity index (χ0n) is 22.7. The number of nitrogens with one attached hydrogen (secondary N) is 1. The van der Waals surface area contributed by atoms with E-state index in [2.05, 4.69) is 29.6 Å². The summed E-state index contributed by atoms with van der Waals surface area (Å²) in [6.45, 7) is 1.68. The van der Waals surface area contributed by atoms with E-state index in [9.17, 15) is 10.2 Å². The Kier molecular flexibility index (Phi) is 9.51. The molecular weight excluding hydrogens is 464 g/mol. The normalized spacial score (nSPS) is 20.7. The highest BCUT2D eigenvalue weighted by molar-refractivity contribution is 5.40. The molecule has 2 saturated carbocycles. The summed E-state index contributed by atoms with van der Waals surface area (Å²) >= 11 is 0. The Morgan fingerprint density at radius 2 is 1.35 bits per heavy atom. The van der Waals surface area contributed by atoms with E-state index in [4.69, 9.17) is 15.2 Å². The van der Waals surface area contributed by atoms with E-state index in [-0.39, 0.29) is 11.8 Å². The third-order valence-electron chi connectivity index (χ3n) is 8.86. The number of nitrogens with two attached hydrogens (primary N) is 1. The third-order valence-corrected chi connectivity index (χ3v) is 8.86. The number of hydrogen-bond donors (Lipinski definition) is 4. The molecule has 0 aliphatic heterocycles. The van der Waals surface area contributed by atoms with Gasteiger partial charge in [0.25, 0.3) is 0 Å². The summed E-state index contributed by atoms with van der Waals surface area (Å²) in [5.74, 6) is 1.53. The molecule has 2 atom stereocenters. The lowest BCUT2D eigenvalue weighted by atomic mass is 9.72. The van der Waals surface area contributed by atoms with Gasteiger partial charge < -0.3 is 30.7 Å². The number of methoxy groups -OCH3 is 2. The van der Waals surface area contributed by atoms with Crippen LogP contribution in [0.3, 0.4) is 0 Å². The van der Waals surface area contributed by atoms with Crippen molar-refractivity contribution in [3.63, 3.8) is 0 Å². The van der Waals surface area contributed by atoms with Crippen molar-refractivity contribution in [1.29, 1.82) is 0 Å². The smallest absolute Gasteiger partial charge is 0.123 e. The van der Waals surface area contributed by atoms with E-state index >= 15 is 0 Å². The topological polar surface area (TPSA) is 97.0 Å². The summed E-state index contributed by atoms with van der Waals surface area (Å²) in [7, 11) is 3.37. The molecule has 6 heteroatoms. The van der Waals surface area contributed by atoms with Gasteiger partial charge in [-0.2, -0.15) is 0 Å². The zero-order valence-corrected chi connectivity index (χ0v) is 22.7. The summed E-state index contributed by atoms with van der Waals surface area (Å²) < 4.78 is 11.0. The molecule has 5 N–H and O–H groups in total. The van der Waals surface area contributed by atoms with Crippen LogP contribution in [0.4, 0.5) is 0 Å². The van der Waals surface area contributed by atoms with Gasteiger partial charge in [0, 0.05) is 37.0 Å². The van der Waals surface area contributed by atoms with E-state index < -0.39 is 11.2 Å². The Morgan fingerprint density at radius 1 is 0.784 bits per heavy atom. The number of ether oxygens (including phenoxy) is 2. The first kappa shape index (κ1) is 27.9. The van der Waals surface area contributed by atoms with Crippen LogP contribution in [0.5, 0.6) is 11.5 Å². The van der Waals surface area contributed by atoms with Gasteiger partial charge >= 0.3 is 0 Å². The fourth-order valence-corrected chi connectivity index (χ4v) is 6.65. The second-order valence-electron chi connectivity index (χ2n) is 11.1. The van der Waals surface area contributed by atoms with Crippen LogP contribution >= 0.6 is 0 Å². The molecule has 2 fully saturated rings. The van der Waals surface area contributed by atoms with Gasteiger partial charge in [0.05, 0.1) is 25.4 Å². The van der Waals surface area contributed by atoms with Gasteiger partial charge in [-0.1, -0.05) is 62.8 Å². The summed E-state index contributed by atoms with van der Waals surface area (Å²) in [5.41, 5.74) is 8.00. The number of hydrogen-bond acceptors (Lipinski definition) is 6. The standard InChI is InChI=1S/C31H46N2O4/c1-36-26-12-9-23(10-13-26)28(31(35)17-7-4-8-18-31)22-33-21-25-19-24(11-14-29(25)37-2)27(20-32)30(34)15-5-3-6-16-30/h9-14,19,27-28,33-35H,3-8,15-18,20-22,32H2,1-2H3. The number of rotatable bonds is 11. The van der Waals surface area contributed by atoms with Crippen molar-refractivity contribution >= 4 is 0 Å². The molecule has 204 valence electrons. The predicted octanol–water partition coefficient (Wildman–Crippen LogP) is 5.01. The van der Waals surface area contributed by atoms with Crippen molar-refractivity contribution in [2.75, 3.05) is 27.3 Å². The zero-order chi connectivity index (χ0) is 26.3. The van der Waals surface area contributed by atoms with Gasteiger partial charge in [-0.05, 0) is 55.0 Å². The van der Waals surface area contributed by atoms with Crippen molar-refractivity contribution in [3.8, 4) is 11.5 Å². The largest absolute Gasteiger partial charge is 0.497 e. The van der Waals surface area contributed by atoms with Crippen molar-refractivity contribution in [3.05, 3.63) is 59.2 Å². The second-order valence-corrected chi connectivity index (χ2v) is 11.1. The maximum atomic E-state index is 11.7. The average molecular weight is 511 g/mol. The van der Waals surface area contributed by atoms with Crippen molar-refractivity contribution in [2.45, 2.75) is 93.8 Å². The highest BCUT2D eigenvalue weighted by Crippen LogP contribution is 2.42. The van der Waals surface area contributed by atoms with Crippen LogP contribution in [0, 0.1) is 0 Å². The first-order valence-corrected chi connectivity index (χ1v) is 14.1. The molecule has 6 nitrogen and oxygen atoms in total. The van der Waals surface area contributed by atoms with Crippen LogP contribution in [-0.2, 0) is 6.54 Å².